The van der Waals surface area contributed by atoms with Crippen LogP contribution in [0.15, 0.2) is 0 Å². The molecule has 0 spiro atoms. The Balaban J connectivity index is 1.86. The van der Waals surface area contributed by atoms with Crippen LogP contribution in [0.3, 0.4) is 0 Å². The third-order valence-electron chi connectivity index (χ3n) is 3.62. The summed E-state index contributed by atoms with van der Waals surface area (Å²) in [5, 5.41) is 1.94. The summed E-state index contributed by atoms with van der Waals surface area (Å²) < 4.78 is 5.23. The van der Waals surface area contributed by atoms with Crippen molar-refractivity contribution in [1.29, 1.82) is 0 Å². The van der Waals surface area contributed by atoms with E-state index < -0.39 is 0 Å². The Hall–Kier alpha value is -0.650. The van der Waals surface area contributed by atoms with Gasteiger partial charge in [0.2, 0.25) is 5.91 Å². The lowest BCUT2D eigenvalue weighted by Crippen LogP contribution is -2.58. The molecular weight excluding hydrogens is 206 g/mol. The first kappa shape index (κ1) is 11.8. The van der Waals surface area contributed by atoms with Crippen molar-refractivity contribution in [2.75, 3.05) is 32.8 Å². The zero-order valence-corrected chi connectivity index (χ0v) is 9.87. The monoisotopic (exact) mass is 227 g/mol. The molecule has 0 atom stereocenters. The fraction of sp³-hybridized carbons (Fsp3) is 0.909. The molecule has 3 N–H and O–H groups in total. The molecular formula is C11H21N3O2. The van der Waals surface area contributed by atoms with Crippen molar-refractivity contribution in [2.45, 2.75) is 19.8 Å². The molecule has 1 aliphatic carbocycles. The second kappa shape index (κ2) is 4.69. The maximum atomic E-state index is 12.1. The Labute approximate surface area is 96.3 Å². The predicted octanol–water partition coefficient (Wildman–Crippen LogP) is -0.275. The van der Waals surface area contributed by atoms with Crippen LogP contribution in [0.1, 0.15) is 19.8 Å². The minimum absolute atomic E-state index is 0.0926. The molecule has 1 aliphatic heterocycles. The predicted molar refractivity (Wildman–Crippen MR) is 60.4 cm³/mol. The number of amides is 1. The summed E-state index contributed by atoms with van der Waals surface area (Å²) in [7, 11) is 0. The van der Waals surface area contributed by atoms with Gasteiger partial charge in [0.1, 0.15) is 0 Å². The molecule has 0 bridgehead atoms. The van der Waals surface area contributed by atoms with Gasteiger partial charge in [0.15, 0.2) is 0 Å². The molecule has 5 heteroatoms. The first-order chi connectivity index (χ1) is 7.66. The van der Waals surface area contributed by atoms with Gasteiger partial charge in [-0.05, 0) is 18.8 Å². The lowest BCUT2D eigenvalue weighted by molar-refractivity contribution is -0.145. The number of nitrogens with one attached hydrogen (secondary N) is 1. The average molecular weight is 227 g/mol. The van der Waals surface area contributed by atoms with Gasteiger partial charge in [0, 0.05) is 19.6 Å². The number of rotatable bonds is 3. The molecule has 0 aromatic rings. The van der Waals surface area contributed by atoms with Gasteiger partial charge < -0.3 is 10.5 Å². The molecule has 0 unspecified atom stereocenters. The number of nitrogens with zero attached hydrogens (tertiary/aromatic N) is 1. The van der Waals surface area contributed by atoms with Crippen molar-refractivity contribution < 1.29 is 9.53 Å². The maximum Gasteiger partial charge on any atom is 0.241 e. The van der Waals surface area contributed by atoms with E-state index in [1.54, 1.807) is 0 Å². The van der Waals surface area contributed by atoms with Crippen molar-refractivity contribution in [3.8, 4) is 0 Å². The van der Waals surface area contributed by atoms with Crippen molar-refractivity contribution in [2.24, 2.45) is 17.1 Å². The molecule has 2 fully saturated rings. The zero-order valence-electron chi connectivity index (χ0n) is 9.87. The highest BCUT2D eigenvalue weighted by Gasteiger charge is 2.47. The van der Waals surface area contributed by atoms with Crippen molar-refractivity contribution in [3.05, 3.63) is 0 Å². The van der Waals surface area contributed by atoms with E-state index in [1.807, 2.05) is 5.01 Å². The van der Waals surface area contributed by atoms with Gasteiger partial charge >= 0.3 is 0 Å². The lowest BCUT2D eigenvalue weighted by atomic mass is 9.62. The van der Waals surface area contributed by atoms with Gasteiger partial charge in [-0.2, -0.15) is 0 Å². The zero-order chi connectivity index (χ0) is 11.6. The van der Waals surface area contributed by atoms with Crippen LogP contribution < -0.4 is 11.2 Å². The molecule has 0 aromatic heterocycles. The van der Waals surface area contributed by atoms with E-state index in [0.717, 1.165) is 25.9 Å². The molecule has 1 saturated heterocycles. The van der Waals surface area contributed by atoms with Gasteiger partial charge in [0.05, 0.1) is 18.6 Å². The summed E-state index contributed by atoms with van der Waals surface area (Å²) in [5.74, 6) is 0.717. The van der Waals surface area contributed by atoms with Crippen LogP contribution in [0.2, 0.25) is 0 Å². The summed E-state index contributed by atoms with van der Waals surface area (Å²) in [6, 6.07) is 0. The van der Waals surface area contributed by atoms with Crippen LogP contribution in [0.25, 0.3) is 0 Å². The molecule has 2 rings (SSSR count). The van der Waals surface area contributed by atoms with Crippen LogP contribution >= 0.6 is 0 Å². The number of hydrogen-bond acceptors (Lipinski definition) is 4. The lowest BCUT2D eigenvalue weighted by Gasteiger charge is -2.45. The molecule has 92 valence electrons. The van der Waals surface area contributed by atoms with Crippen LogP contribution in [0, 0.1) is 11.3 Å². The Morgan fingerprint density at radius 2 is 2.12 bits per heavy atom. The number of carbonyl (C=O) groups is 1. The van der Waals surface area contributed by atoms with Crippen LogP contribution in [-0.4, -0.2) is 43.8 Å². The second-order valence-electron chi connectivity index (χ2n) is 5.04. The molecule has 1 heterocycles. The molecule has 0 radical (unpaired) electrons. The first-order valence-electron chi connectivity index (χ1n) is 6.00. The smallest absolute Gasteiger partial charge is 0.241 e. The number of carbonyl (C=O) groups excluding carboxylic acids is 1. The van der Waals surface area contributed by atoms with Crippen molar-refractivity contribution in [3.63, 3.8) is 0 Å². The fourth-order valence-corrected chi connectivity index (χ4v) is 2.66. The van der Waals surface area contributed by atoms with Crippen LogP contribution in [0.5, 0.6) is 0 Å². The topological polar surface area (TPSA) is 67.6 Å². The van der Waals surface area contributed by atoms with E-state index in [4.69, 9.17) is 10.5 Å². The minimum Gasteiger partial charge on any atom is -0.379 e. The summed E-state index contributed by atoms with van der Waals surface area (Å²) in [5.41, 5.74) is 8.39. The summed E-state index contributed by atoms with van der Waals surface area (Å²) in [6.45, 7) is 5.52. The fourth-order valence-electron chi connectivity index (χ4n) is 2.66. The van der Waals surface area contributed by atoms with E-state index in [-0.39, 0.29) is 11.3 Å². The normalized spacial score (nSPS) is 35.5. The highest BCUT2D eigenvalue weighted by Crippen LogP contribution is 2.44. The number of hydrazine groups is 1. The molecule has 16 heavy (non-hydrogen) atoms. The molecule has 0 aromatic carbocycles. The van der Waals surface area contributed by atoms with Crippen molar-refractivity contribution >= 4 is 5.91 Å². The molecule has 5 nitrogen and oxygen atoms in total. The highest BCUT2D eigenvalue weighted by molar-refractivity contribution is 5.83. The number of hydrogen-bond donors (Lipinski definition) is 2. The Morgan fingerprint density at radius 1 is 1.50 bits per heavy atom. The summed E-state index contributed by atoms with van der Waals surface area (Å²) in [6.07, 6.45) is 1.83. The van der Waals surface area contributed by atoms with E-state index in [2.05, 4.69) is 12.3 Å². The highest BCUT2D eigenvalue weighted by atomic mass is 16.5. The number of ether oxygens (including phenoxy) is 1. The summed E-state index contributed by atoms with van der Waals surface area (Å²) >= 11 is 0. The number of nitrogens with two attached hydrogens (primary N) is 1. The Bertz CT molecular complexity index is 258. The summed E-state index contributed by atoms with van der Waals surface area (Å²) in [4.78, 5) is 12.1. The minimum atomic E-state index is -0.308. The van der Waals surface area contributed by atoms with Crippen LogP contribution in [0.4, 0.5) is 0 Å². The molecule has 1 saturated carbocycles. The van der Waals surface area contributed by atoms with Crippen molar-refractivity contribution in [1.82, 2.24) is 10.4 Å². The van der Waals surface area contributed by atoms with Gasteiger partial charge in [0.25, 0.3) is 0 Å². The van der Waals surface area contributed by atoms with Gasteiger partial charge in [-0.15, -0.1) is 0 Å². The van der Waals surface area contributed by atoms with E-state index in [1.165, 1.54) is 0 Å². The van der Waals surface area contributed by atoms with Gasteiger partial charge in [-0.25, -0.2) is 5.01 Å². The third-order valence-corrected chi connectivity index (χ3v) is 3.62. The van der Waals surface area contributed by atoms with E-state index >= 15 is 0 Å². The number of morpholine rings is 1. The second-order valence-corrected chi connectivity index (χ2v) is 5.04. The Kier molecular flexibility index (Phi) is 3.47. The first-order valence-corrected chi connectivity index (χ1v) is 6.00. The Morgan fingerprint density at radius 3 is 2.62 bits per heavy atom. The molecule has 2 aliphatic rings. The standard InChI is InChI=1S/C11H21N3O2/c1-9-6-11(7-9,8-12)10(15)13-14-2-4-16-5-3-14/h9H,2-8,12H2,1H3,(H,13,15). The maximum absolute atomic E-state index is 12.1. The SMILES string of the molecule is CC1CC(CN)(C(=O)NN2CCOCC2)C1. The largest absolute Gasteiger partial charge is 0.379 e. The third kappa shape index (κ3) is 2.21. The van der Waals surface area contributed by atoms with Gasteiger partial charge in [-0.1, -0.05) is 6.92 Å². The molecule has 1 amide bonds. The quantitative estimate of drug-likeness (QED) is 0.696. The van der Waals surface area contributed by atoms with E-state index in [0.29, 0.717) is 25.7 Å². The van der Waals surface area contributed by atoms with Crippen LogP contribution in [-0.2, 0) is 9.53 Å². The average Bonchev–Trinajstić information content (AvgIpc) is 2.25. The van der Waals surface area contributed by atoms with Gasteiger partial charge in [-0.3, -0.25) is 10.2 Å². The van der Waals surface area contributed by atoms with E-state index in [9.17, 15) is 4.79 Å².